The Balaban J connectivity index is 2.65. The van der Waals surface area contributed by atoms with Crippen LogP contribution in [0.2, 0.25) is 0 Å². The average Bonchev–Trinajstić information content (AvgIpc) is 2.27. The van der Waals surface area contributed by atoms with Gasteiger partial charge in [-0.15, -0.1) is 0 Å². The molecule has 0 fully saturated rings. The molecular formula is C13H16N2O. The molecule has 84 valence electrons. The van der Waals surface area contributed by atoms with E-state index < -0.39 is 0 Å². The topological polar surface area (TPSA) is 55.5 Å². The van der Waals surface area contributed by atoms with Crippen LogP contribution in [0.15, 0.2) is 47.1 Å². The van der Waals surface area contributed by atoms with Crippen LogP contribution in [-0.2, 0) is 11.3 Å². The maximum atomic E-state index is 10.9. The number of allylic oxidation sites excluding steroid dienone is 2. The van der Waals surface area contributed by atoms with Gasteiger partial charge in [0, 0.05) is 12.6 Å². The van der Waals surface area contributed by atoms with E-state index in [0.717, 1.165) is 11.3 Å². The van der Waals surface area contributed by atoms with E-state index in [-0.39, 0.29) is 11.5 Å². The van der Waals surface area contributed by atoms with Crippen molar-refractivity contribution >= 4 is 11.5 Å². The zero-order valence-electron chi connectivity index (χ0n) is 9.60. The van der Waals surface area contributed by atoms with E-state index in [2.05, 4.69) is 4.99 Å². The van der Waals surface area contributed by atoms with Crippen LogP contribution in [0, 0.1) is 0 Å². The molecule has 3 heteroatoms. The first kappa shape index (κ1) is 12.2. The Morgan fingerprint density at radius 2 is 1.94 bits per heavy atom. The maximum absolute atomic E-state index is 10.9. The van der Waals surface area contributed by atoms with E-state index in [9.17, 15) is 4.79 Å². The van der Waals surface area contributed by atoms with Gasteiger partial charge in [0.1, 0.15) is 0 Å². The standard InChI is InChI=1S/C13H16N2O/c1-10(8-13(14)11(2)16)15-9-12-6-4-3-5-7-12/h3-8H,9,14H2,1-2H3. The summed E-state index contributed by atoms with van der Waals surface area (Å²) in [6.07, 6.45) is 1.60. The Bertz CT molecular complexity index is 419. The molecule has 0 radical (unpaired) electrons. The van der Waals surface area contributed by atoms with Gasteiger partial charge in [-0.05, 0) is 18.6 Å². The number of hydrogen-bond acceptors (Lipinski definition) is 3. The summed E-state index contributed by atoms with van der Waals surface area (Å²) in [6, 6.07) is 9.93. The zero-order chi connectivity index (χ0) is 12.0. The van der Waals surface area contributed by atoms with Crippen LogP contribution in [0.3, 0.4) is 0 Å². The summed E-state index contributed by atoms with van der Waals surface area (Å²) in [5.41, 5.74) is 7.66. The fourth-order valence-corrected chi connectivity index (χ4v) is 1.17. The fraction of sp³-hybridized carbons (Fsp3) is 0.231. The number of Topliss-reactive ketones (excluding diaryl/α,β-unsaturated/α-hetero) is 1. The molecule has 0 aliphatic carbocycles. The molecular weight excluding hydrogens is 200 g/mol. The molecule has 0 heterocycles. The Kier molecular flexibility index (Phi) is 4.45. The molecule has 0 spiro atoms. The molecule has 2 N–H and O–H groups in total. The summed E-state index contributed by atoms with van der Waals surface area (Å²) < 4.78 is 0. The van der Waals surface area contributed by atoms with E-state index in [0.29, 0.717) is 6.54 Å². The summed E-state index contributed by atoms with van der Waals surface area (Å²) in [7, 11) is 0. The number of nitrogens with zero attached hydrogens (tertiary/aromatic N) is 1. The Morgan fingerprint density at radius 3 is 2.50 bits per heavy atom. The highest BCUT2D eigenvalue weighted by molar-refractivity contribution is 6.02. The minimum atomic E-state index is -0.130. The number of benzene rings is 1. The normalized spacial score (nSPS) is 12.6. The smallest absolute Gasteiger partial charge is 0.175 e. The van der Waals surface area contributed by atoms with Gasteiger partial charge in [0.25, 0.3) is 0 Å². The second-order valence-corrected chi connectivity index (χ2v) is 3.60. The van der Waals surface area contributed by atoms with Gasteiger partial charge in [0.15, 0.2) is 5.78 Å². The minimum Gasteiger partial charge on any atom is -0.396 e. The lowest BCUT2D eigenvalue weighted by Crippen LogP contribution is -2.08. The lowest BCUT2D eigenvalue weighted by atomic mass is 10.2. The number of carbonyl (C=O) groups is 1. The fourth-order valence-electron chi connectivity index (χ4n) is 1.17. The second-order valence-electron chi connectivity index (χ2n) is 3.60. The van der Waals surface area contributed by atoms with Crippen molar-refractivity contribution in [3.05, 3.63) is 47.7 Å². The van der Waals surface area contributed by atoms with Gasteiger partial charge < -0.3 is 5.73 Å². The van der Waals surface area contributed by atoms with Gasteiger partial charge in [0.2, 0.25) is 0 Å². The van der Waals surface area contributed by atoms with Gasteiger partial charge >= 0.3 is 0 Å². The lowest BCUT2D eigenvalue weighted by molar-refractivity contribution is -0.113. The predicted molar refractivity (Wildman–Crippen MR) is 66.2 cm³/mol. The molecule has 0 aromatic heterocycles. The number of aliphatic imine (C=N–C) groups is 1. The number of hydrogen-bond donors (Lipinski definition) is 1. The first-order chi connectivity index (χ1) is 7.59. The SMILES string of the molecule is CC(=O)C(N)=CC(C)=NCc1ccccc1. The molecule has 0 saturated heterocycles. The molecule has 0 bridgehead atoms. The highest BCUT2D eigenvalue weighted by Crippen LogP contribution is 2.01. The monoisotopic (exact) mass is 216 g/mol. The van der Waals surface area contributed by atoms with Crippen LogP contribution in [0.1, 0.15) is 19.4 Å². The summed E-state index contributed by atoms with van der Waals surface area (Å²) in [6.45, 7) is 3.88. The predicted octanol–water partition coefficient (Wildman–Crippen LogP) is 2.08. The quantitative estimate of drug-likeness (QED) is 0.618. The highest BCUT2D eigenvalue weighted by Gasteiger charge is 1.97. The number of ketones is 1. The van der Waals surface area contributed by atoms with Crippen LogP contribution in [-0.4, -0.2) is 11.5 Å². The largest absolute Gasteiger partial charge is 0.396 e. The summed E-state index contributed by atoms with van der Waals surface area (Å²) in [5, 5.41) is 0. The second kappa shape index (κ2) is 5.85. The van der Waals surface area contributed by atoms with Crippen molar-refractivity contribution in [1.82, 2.24) is 0 Å². The summed E-state index contributed by atoms with van der Waals surface area (Å²) in [4.78, 5) is 15.2. The molecule has 3 nitrogen and oxygen atoms in total. The van der Waals surface area contributed by atoms with Crippen molar-refractivity contribution in [2.75, 3.05) is 0 Å². The highest BCUT2D eigenvalue weighted by atomic mass is 16.1. The molecule has 0 saturated carbocycles. The number of carbonyl (C=O) groups excluding carboxylic acids is 1. The first-order valence-corrected chi connectivity index (χ1v) is 5.12. The molecule has 1 aromatic rings. The van der Waals surface area contributed by atoms with Crippen molar-refractivity contribution in [2.45, 2.75) is 20.4 Å². The lowest BCUT2D eigenvalue weighted by Gasteiger charge is -1.98. The minimum absolute atomic E-state index is 0.130. The van der Waals surface area contributed by atoms with Crippen molar-refractivity contribution in [2.24, 2.45) is 10.7 Å². The Morgan fingerprint density at radius 1 is 1.31 bits per heavy atom. The molecule has 1 aromatic carbocycles. The third-order valence-corrected chi connectivity index (χ3v) is 2.12. The van der Waals surface area contributed by atoms with Gasteiger partial charge in [-0.25, -0.2) is 0 Å². The number of nitrogens with two attached hydrogens (primary N) is 1. The third-order valence-electron chi connectivity index (χ3n) is 2.12. The van der Waals surface area contributed by atoms with Gasteiger partial charge in [-0.1, -0.05) is 30.3 Å². The van der Waals surface area contributed by atoms with Crippen molar-refractivity contribution in [3.8, 4) is 0 Å². The Hall–Kier alpha value is -1.90. The number of rotatable bonds is 4. The molecule has 0 aliphatic heterocycles. The van der Waals surface area contributed by atoms with E-state index in [4.69, 9.17) is 5.73 Å². The van der Waals surface area contributed by atoms with E-state index in [1.165, 1.54) is 6.92 Å². The molecule has 0 atom stereocenters. The van der Waals surface area contributed by atoms with Gasteiger partial charge in [0.05, 0.1) is 12.2 Å². The van der Waals surface area contributed by atoms with E-state index >= 15 is 0 Å². The zero-order valence-corrected chi connectivity index (χ0v) is 9.60. The molecule has 1 rings (SSSR count). The van der Waals surface area contributed by atoms with E-state index in [1.54, 1.807) is 6.08 Å². The van der Waals surface area contributed by atoms with Crippen molar-refractivity contribution < 1.29 is 4.79 Å². The molecule has 0 amide bonds. The third kappa shape index (κ3) is 4.09. The molecule has 16 heavy (non-hydrogen) atoms. The maximum Gasteiger partial charge on any atom is 0.175 e. The van der Waals surface area contributed by atoms with Crippen molar-refractivity contribution in [1.29, 1.82) is 0 Å². The van der Waals surface area contributed by atoms with Crippen LogP contribution >= 0.6 is 0 Å². The molecule has 0 unspecified atom stereocenters. The van der Waals surface area contributed by atoms with Gasteiger partial charge in [-0.3, -0.25) is 9.79 Å². The van der Waals surface area contributed by atoms with Crippen LogP contribution in [0.5, 0.6) is 0 Å². The Labute approximate surface area is 95.7 Å². The van der Waals surface area contributed by atoms with Crippen LogP contribution in [0.25, 0.3) is 0 Å². The van der Waals surface area contributed by atoms with Gasteiger partial charge in [-0.2, -0.15) is 0 Å². The average molecular weight is 216 g/mol. The summed E-state index contributed by atoms with van der Waals surface area (Å²) >= 11 is 0. The summed E-state index contributed by atoms with van der Waals surface area (Å²) in [5.74, 6) is -0.130. The van der Waals surface area contributed by atoms with Crippen molar-refractivity contribution in [3.63, 3.8) is 0 Å². The van der Waals surface area contributed by atoms with E-state index in [1.807, 2.05) is 37.3 Å². The van der Waals surface area contributed by atoms with Crippen LogP contribution in [0.4, 0.5) is 0 Å². The van der Waals surface area contributed by atoms with Crippen LogP contribution < -0.4 is 5.73 Å². The molecule has 0 aliphatic rings. The first-order valence-electron chi connectivity index (χ1n) is 5.12.